The number of para-hydroxylation sites is 1. The van der Waals surface area contributed by atoms with Crippen LogP contribution in [0.5, 0.6) is 0 Å². The van der Waals surface area contributed by atoms with Gasteiger partial charge in [0.25, 0.3) is 0 Å². The Bertz CT molecular complexity index is 1990. The van der Waals surface area contributed by atoms with Crippen LogP contribution in [-0.4, -0.2) is 16.8 Å². The zero-order valence-corrected chi connectivity index (χ0v) is 30.1. The molecule has 4 heteroatoms. The molecule has 0 saturated heterocycles. The van der Waals surface area contributed by atoms with E-state index >= 15 is 0 Å². The van der Waals surface area contributed by atoms with Crippen molar-refractivity contribution in [3.05, 3.63) is 180 Å². The van der Waals surface area contributed by atoms with E-state index in [9.17, 15) is 0 Å². The number of nitrogens with zero attached hydrogens (tertiary/aromatic N) is 1. The zero-order valence-electron chi connectivity index (χ0n) is 30.1. The van der Waals surface area contributed by atoms with E-state index in [0.29, 0.717) is 6.42 Å². The molecule has 0 fully saturated rings. The summed E-state index contributed by atoms with van der Waals surface area (Å²) in [6.45, 7) is 18.7. The quantitative estimate of drug-likeness (QED) is 0.105. The van der Waals surface area contributed by atoms with Gasteiger partial charge < -0.3 is 21.0 Å². The fourth-order valence-electron chi connectivity index (χ4n) is 6.11. The molecule has 0 amide bonds. The number of dihydropyridines is 1. The molecule has 1 aliphatic rings. The predicted octanol–water partition coefficient (Wildman–Crippen LogP) is 11.6. The molecule has 0 bridgehead atoms. The van der Waals surface area contributed by atoms with Crippen molar-refractivity contribution >= 4 is 23.9 Å². The molecule has 50 heavy (non-hydrogen) atoms. The normalized spacial score (nSPS) is 14.6. The van der Waals surface area contributed by atoms with Crippen LogP contribution >= 0.6 is 0 Å². The van der Waals surface area contributed by atoms with Gasteiger partial charge in [-0.15, -0.1) is 0 Å². The fraction of sp³-hybridized carbons (Fsp3) is 0.152. The van der Waals surface area contributed by atoms with Gasteiger partial charge in [0.15, 0.2) is 0 Å². The molecule has 3 aromatic carbocycles. The zero-order chi connectivity index (χ0) is 36.0. The number of hydrogen-bond acceptors (Lipinski definition) is 3. The molecule has 4 nitrogen and oxygen atoms in total. The highest BCUT2D eigenvalue weighted by Crippen LogP contribution is 2.39. The van der Waals surface area contributed by atoms with Crippen molar-refractivity contribution < 1.29 is 0 Å². The van der Waals surface area contributed by atoms with Crippen molar-refractivity contribution in [3.8, 4) is 28.1 Å². The van der Waals surface area contributed by atoms with Gasteiger partial charge in [0.1, 0.15) is 0 Å². The first kappa shape index (κ1) is 37.0. The fourth-order valence-corrected chi connectivity index (χ4v) is 6.11. The summed E-state index contributed by atoms with van der Waals surface area (Å²) in [7, 11) is 0. The van der Waals surface area contributed by atoms with Gasteiger partial charge in [-0.25, -0.2) is 0 Å². The number of benzene rings is 3. The van der Waals surface area contributed by atoms with Gasteiger partial charge in [-0.3, -0.25) is 0 Å². The van der Waals surface area contributed by atoms with Crippen molar-refractivity contribution in [2.45, 2.75) is 47.1 Å². The molecule has 5 rings (SSSR count). The minimum Gasteiger partial charge on any atom is -0.404 e. The van der Waals surface area contributed by atoms with Crippen molar-refractivity contribution in [2.75, 3.05) is 0 Å². The van der Waals surface area contributed by atoms with Gasteiger partial charge in [0.05, 0.1) is 11.7 Å². The number of rotatable bonds is 12. The highest BCUT2D eigenvalue weighted by Gasteiger charge is 2.21. The van der Waals surface area contributed by atoms with Crippen molar-refractivity contribution in [2.24, 2.45) is 5.73 Å². The minimum atomic E-state index is 0.0541. The Labute approximate surface area is 299 Å². The summed E-state index contributed by atoms with van der Waals surface area (Å²) in [4.78, 5) is 0. The monoisotopic (exact) mass is 658 g/mol. The Morgan fingerprint density at radius 2 is 1.66 bits per heavy atom. The SMILES string of the molecule is C=C/C(=C\c1c(C)c(C)c(-c2ccc(-c3ccc(/C(C=N)=C/C)cc3)cc2C=C)n1-c1ccccc1)C/C=C\C(=C/N)C1C=CC=CN1.CC. The van der Waals surface area contributed by atoms with E-state index in [2.05, 4.69) is 128 Å². The van der Waals surface area contributed by atoms with Crippen LogP contribution in [0.1, 0.15) is 55.1 Å². The maximum absolute atomic E-state index is 7.69. The summed E-state index contributed by atoms with van der Waals surface area (Å²) in [6.07, 6.45) is 24.1. The average molecular weight is 659 g/mol. The number of aromatic nitrogens is 1. The first-order chi connectivity index (χ1) is 24.4. The third-order valence-corrected chi connectivity index (χ3v) is 8.91. The molecule has 1 aliphatic heterocycles. The smallest absolute Gasteiger partial charge is 0.0709 e. The van der Waals surface area contributed by atoms with Gasteiger partial charge >= 0.3 is 0 Å². The molecule has 1 unspecified atom stereocenters. The number of allylic oxidation sites excluding steroid dienone is 7. The Morgan fingerprint density at radius 1 is 0.940 bits per heavy atom. The summed E-state index contributed by atoms with van der Waals surface area (Å²) in [5.74, 6) is 0. The molecule has 4 N–H and O–H groups in total. The van der Waals surface area contributed by atoms with E-state index in [-0.39, 0.29) is 6.04 Å². The van der Waals surface area contributed by atoms with Gasteiger partial charge in [0.2, 0.25) is 0 Å². The Kier molecular flexibility index (Phi) is 13.3. The van der Waals surface area contributed by atoms with Crippen LogP contribution < -0.4 is 11.1 Å². The second-order valence-corrected chi connectivity index (χ2v) is 11.7. The molecule has 1 atom stereocenters. The number of hydrogen-bond donors (Lipinski definition) is 3. The van der Waals surface area contributed by atoms with Crippen molar-refractivity contribution in [1.82, 2.24) is 9.88 Å². The minimum absolute atomic E-state index is 0.0541. The van der Waals surface area contributed by atoms with E-state index in [1.54, 1.807) is 6.20 Å². The molecule has 2 heterocycles. The lowest BCUT2D eigenvalue weighted by molar-refractivity contribution is 0.798. The number of nitrogens with one attached hydrogen (secondary N) is 2. The first-order valence-corrected chi connectivity index (χ1v) is 17.3. The van der Waals surface area contributed by atoms with Crippen LogP contribution in [0, 0.1) is 19.3 Å². The topological polar surface area (TPSA) is 66.8 Å². The molecule has 0 aliphatic carbocycles. The summed E-state index contributed by atoms with van der Waals surface area (Å²) in [6, 6.07) is 25.6. The maximum atomic E-state index is 7.69. The van der Waals surface area contributed by atoms with Gasteiger partial charge in [-0.05, 0) is 120 Å². The van der Waals surface area contributed by atoms with Gasteiger partial charge in [-0.2, -0.15) is 0 Å². The molecule has 0 saturated carbocycles. The molecule has 254 valence electrons. The van der Waals surface area contributed by atoms with Crippen LogP contribution in [0.4, 0.5) is 0 Å². The van der Waals surface area contributed by atoms with Crippen LogP contribution in [0.25, 0.3) is 45.8 Å². The lowest BCUT2D eigenvalue weighted by atomic mass is 9.94. The van der Waals surface area contributed by atoms with Gasteiger partial charge in [0, 0.05) is 23.2 Å². The van der Waals surface area contributed by atoms with Crippen molar-refractivity contribution in [1.29, 1.82) is 5.41 Å². The third kappa shape index (κ3) is 8.22. The molecule has 0 radical (unpaired) electrons. The highest BCUT2D eigenvalue weighted by molar-refractivity contribution is 6.08. The summed E-state index contributed by atoms with van der Waals surface area (Å²) >= 11 is 0. The Morgan fingerprint density at radius 3 is 2.26 bits per heavy atom. The predicted molar refractivity (Wildman–Crippen MR) is 219 cm³/mol. The Balaban J connectivity index is 0.00000276. The second-order valence-electron chi connectivity index (χ2n) is 11.7. The lowest BCUT2D eigenvalue weighted by Gasteiger charge is -2.17. The summed E-state index contributed by atoms with van der Waals surface area (Å²) < 4.78 is 2.36. The first-order valence-electron chi connectivity index (χ1n) is 17.3. The summed E-state index contributed by atoms with van der Waals surface area (Å²) in [5, 5.41) is 11.0. The number of nitrogens with two attached hydrogens (primary N) is 1. The molecule has 1 aromatic heterocycles. The van der Waals surface area contributed by atoms with E-state index in [1.807, 2.05) is 63.4 Å². The van der Waals surface area contributed by atoms with Crippen LogP contribution in [0.3, 0.4) is 0 Å². The largest absolute Gasteiger partial charge is 0.404 e. The molecular formula is C46H50N4. The van der Waals surface area contributed by atoms with E-state index in [4.69, 9.17) is 11.1 Å². The van der Waals surface area contributed by atoms with Crippen LogP contribution in [-0.2, 0) is 0 Å². The van der Waals surface area contributed by atoms with Gasteiger partial charge in [-0.1, -0.05) is 124 Å². The van der Waals surface area contributed by atoms with Crippen LogP contribution in [0.2, 0.25) is 0 Å². The standard InChI is InChI=1S/C44H44N4.C2H6/c1-6-33(15-14-16-39(30-46)42-19-12-13-26-47-42)27-43-31(4)32(5)44(48(43)40-17-10-9-11-18-40)41-25-24-38(28-34(41)7-2)37-22-20-36(21-23-37)35(8-3)29-45;1-2/h6-14,16-30,42,45,47H,1-2,15,46H2,3-5H3;1-2H3/b16-14-,33-27+,35-8+,39-30+,45-29?;. The molecule has 0 spiro atoms. The lowest BCUT2D eigenvalue weighted by Crippen LogP contribution is -2.25. The van der Waals surface area contributed by atoms with Crippen molar-refractivity contribution in [3.63, 3.8) is 0 Å². The average Bonchev–Trinajstić information content (AvgIpc) is 3.42. The summed E-state index contributed by atoms with van der Waals surface area (Å²) in [5.41, 5.74) is 20.2. The maximum Gasteiger partial charge on any atom is 0.0709 e. The molecular weight excluding hydrogens is 609 g/mol. The second kappa shape index (κ2) is 18.0. The van der Waals surface area contributed by atoms with E-state index in [1.165, 1.54) is 17.3 Å². The third-order valence-electron chi connectivity index (χ3n) is 8.91. The van der Waals surface area contributed by atoms with Crippen LogP contribution in [0.15, 0.2) is 152 Å². The molecule has 4 aromatic rings. The Hall–Kier alpha value is -5.87. The highest BCUT2D eigenvalue weighted by atomic mass is 15.0. The van der Waals surface area contributed by atoms with E-state index < -0.39 is 0 Å². The van der Waals surface area contributed by atoms with E-state index in [0.717, 1.165) is 61.6 Å².